The van der Waals surface area contributed by atoms with E-state index >= 15 is 0 Å². The van der Waals surface area contributed by atoms with E-state index in [4.69, 9.17) is 0 Å². The second-order valence-electron chi connectivity index (χ2n) is 3.63. The number of likely N-dealkylation sites (N-methyl/N-ethyl adjacent to an activating group) is 1. The van der Waals surface area contributed by atoms with Gasteiger partial charge in [-0.15, -0.1) is 0 Å². The number of carbonyl (C=O) groups excluding carboxylic acids is 2. The van der Waals surface area contributed by atoms with Crippen molar-refractivity contribution in [2.75, 3.05) is 25.0 Å². The number of anilines is 1. The van der Waals surface area contributed by atoms with Crippen molar-refractivity contribution in [3.8, 4) is 0 Å². The summed E-state index contributed by atoms with van der Waals surface area (Å²) in [5.41, 5.74) is 0.653. The molecular formula is C11H12N2O2. The number of nitrogens with zero attached hydrogens (tertiary/aromatic N) is 2. The van der Waals surface area contributed by atoms with Crippen LogP contribution in [0.2, 0.25) is 0 Å². The predicted molar refractivity (Wildman–Crippen MR) is 56.4 cm³/mol. The fraction of sp³-hybridized carbons (Fsp3) is 0.273. The summed E-state index contributed by atoms with van der Waals surface area (Å²) in [6.45, 7) is 0.585. The van der Waals surface area contributed by atoms with Gasteiger partial charge in [-0.3, -0.25) is 14.5 Å². The zero-order chi connectivity index (χ0) is 10.8. The van der Waals surface area contributed by atoms with E-state index in [1.54, 1.807) is 24.1 Å². The molecule has 1 aliphatic heterocycles. The van der Waals surface area contributed by atoms with Crippen molar-refractivity contribution in [2.45, 2.75) is 0 Å². The largest absolute Gasteiger partial charge is 0.289 e. The van der Waals surface area contributed by atoms with Gasteiger partial charge in [0.15, 0.2) is 0 Å². The Morgan fingerprint density at radius 1 is 1.00 bits per heavy atom. The van der Waals surface area contributed by atoms with Crippen molar-refractivity contribution in [3.05, 3.63) is 30.3 Å². The molecule has 1 aromatic rings. The number of piperazine rings is 1. The van der Waals surface area contributed by atoms with Crippen LogP contribution in [0.4, 0.5) is 5.69 Å². The Bertz CT molecular complexity index is 371. The first-order valence-corrected chi connectivity index (χ1v) is 4.78. The lowest BCUT2D eigenvalue weighted by Gasteiger charge is -2.30. The third-order valence-electron chi connectivity index (χ3n) is 2.32. The second kappa shape index (κ2) is 3.82. The molecule has 2 rings (SSSR count). The standard InChI is InChI=1S/C11H12N2O2/c1-12-7-10(14)13(11(15)8-12)9-5-3-2-4-6-9/h2-6H,7-8H2,1H3. The maximum atomic E-state index is 11.7. The van der Waals surface area contributed by atoms with Gasteiger partial charge in [-0.1, -0.05) is 18.2 Å². The fourth-order valence-electron chi connectivity index (χ4n) is 1.66. The molecule has 0 saturated carbocycles. The number of imide groups is 1. The molecule has 1 saturated heterocycles. The van der Waals surface area contributed by atoms with Crippen LogP contribution >= 0.6 is 0 Å². The Balaban J connectivity index is 2.29. The number of carbonyl (C=O) groups is 2. The van der Waals surface area contributed by atoms with Crippen molar-refractivity contribution in [1.29, 1.82) is 0 Å². The Morgan fingerprint density at radius 3 is 2.07 bits per heavy atom. The molecule has 1 aromatic carbocycles. The van der Waals surface area contributed by atoms with Crippen molar-refractivity contribution in [1.82, 2.24) is 4.90 Å². The van der Waals surface area contributed by atoms with Gasteiger partial charge < -0.3 is 0 Å². The highest BCUT2D eigenvalue weighted by molar-refractivity contribution is 6.17. The molecule has 0 aliphatic carbocycles. The summed E-state index contributed by atoms with van der Waals surface area (Å²) in [5.74, 6) is -0.333. The van der Waals surface area contributed by atoms with Crippen LogP contribution in [-0.2, 0) is 9.59 Å². The summed E-state index contributed by atoms with van der Waals surface area (Å²) in [7, 11) is 1.76. The quantitative estimate of drug-likeness (QED) is 0.625. The van der Waals surface area contributed by atoms with Crippen LogP contribution in [0.3, 0.4) is 0 Å². The molecule has 0 atom stereocenters. The van der Waals surface area contributed by atoms with E-state index < -0.39 is 0 Å². The van der Waals surface area contributed by atoms with E-state index in [1.807, 2.05) is 18.2 Å². The topological polar surface area (TPSA) is 40.6 Å². The maximum absolute atomic E-state index is 11.7. The van der Waals surface area contributed by atoms with Crippen LogP contribution in [0.1, 0.15) is 0 Å². The molecule has 0 bridgehead atoms. The lowest BCUT2D eigenvalue weighted by atomic mass is 10.2. The SMILES string of the molecule is CN1CC(=O)N(c2ccccc2)C(=O)C1. The lowest BCUT2D eigenvalue weighted by Crippen LogP contribution is -2.52. The minimum absolute atomic E-state index is 0.167. The van der Waals surface area contributed by atoms with Gasteiger partial charge in [0, 0.05) is 0 Å². The monoisotopic (exact) mass is 204 g/mol. The molecular weight excluding hydrogens is 192 g/mol. The van der Waals surface area contributed by atoms with E-state index in [9.17, 15) is 9.59 Å². The van der Waals surface area contributed by atoms with Crippen LogP contribution in [0.25, 0.3) is 0 Å². The number of benzene rings is 1. The third-order valence-corrected chi connectivity index (χ3v) is 2.32. The number of hydrogen-bond acceptors (Lipinski definition) is 3. The highest BCUT2D eigenvalue weighted by Gasteiger charge is 2.29. The summed E-state index contributed by atoms with van der Waals surface area (Å²) in [5, 5.41) is 0. The molecule has 78 valence electrons. The molecule has 1 fully saturated rings. The zero-order valence-corrected chi connectivity index (χ0v) is 8.51. The first kappa shape index (κ1) is 9.86. The zero-order valence-electron chi connectivity index (χ0n) is 8.51. The molecule has 0 radical (unpaired) electrons. The summed E-state index contributed by atoms with van der Waals surface area (Å²) in [4.78, 5) is 26.3. The maximum Gasteiger partial charge on any atom is 0.247 e. The molecule has 1 aliphatic rings. The Labute approximate surface area is 88.1 Å². The fourth-order valence-corrected chi connectivity index (χ4v) is 1.66. The van der Waals surface area contributed by atoms with Gasteiger partial charge in [0.25, 0.3) is 0 Å². The molecule has 0 spiro atoms. The minimum atomic E-state index is -0.167. The van der Waals surface area contributed by atoms with Crippen molar-refractivity contribution < 1.29 is 9.59 Å². The highest BCUT2D eigenvalue weighted by atomic mass is 16.2. The van der Waals surface area contributed by atoms with Gasteiger partial charge in [0.1, 0.15) is 0 Å². The van der Waals surface area contributed by atoms with Gasteiger partial charge >= 0.3 is 0 Å². The van der Waals surface area contributed by atoms with Gasteiger partial charge in [-0.25, -0.2) is 4.90 Å². The minimum Gasteiger partial charge on any atom is -0.289 e. The highest BCUT2D eigenvalue weighted by Crippen LogP contribution is 2.16. The number of hydrogen-bond donors (Lipinski definition) is 0. The number of amides is 2. The lowest BCUT2D eigenvalue weighted by molar-refractivity contribution is -0.131. The molecule has 15 heavy (non-hydrogen) atoms. The van der Waals surface area contributed by atoms with E-state index in [-0.39, 0.29) is 11.8 Å². The van der Waals surface area contributed by atoms with E-state index in [2.05, 4.69) is 0 Å². The summed E-state index contributed by atoms with van der Waals surface area (Å²) < 4.78 is 0. The van der Waals surface area contributed by atoms with E-state index in [0.29, 0.717) is 18.8 Å². The summed E-state index contributed by atoms with van der Waals surface area (Å²) in [6.07, 6.45) is 0. The van der Waals surface area contributed by atoms with Crippen molar-refractivity contribution in [3.63, 3.8) is 0 Å². The summed E-state index contributed by atoms with van der Waals surface area (Å²) in [6, 6.07) is 9.01. The number of rotatable bonds is 1. The normalized spacial score (nSPS) is 18.3. The average molecular weight is 204 g/mol. The smallest absolute Gasteiger partial charge is 0.247 e. The molecule has 1 heterocycles. The van der Waals surface area contributed by atoms with Crippen LogP contribution < -0.4 is 4.90 Å². The van der Waals surface area contributed by atoms with Crippen LogP contribution in [0.15, 0.2) is 30.3 Å². The van der Waals surface area contributed by atoms with Gasteiger partial charge in [-0.2, -0.15) is 0 Å². The summed E-state index contributed by atoms with van der Waals surface area (Å²) >= 11 is 0. The Hall–Kier alpha value is -1.68. The molecule has 4 heteroatoms. The molecule has 2 amide bonds. The van der Waals surface area contributed by atoms with Crippen molar-refractivity contribution >= 4 is 17.5 Å². The first-order chi connectivity index (χ1) is 7.18. The molecule has 0 unspecified atom stereocenters. The average Bonchev–Trinajstić information content (AvgIpc) is 2.17. The van der Waals surface area contributed by atoms with E-state index in [0.717, 1.165) is 0 Å². The van der Waals surface area contributed by atoms with Gasteiger partial charge in [0.05, 0.1) is 18.8 Å². The van der Waals surface area contributed by atoms with Crippen LogP contribution in [0, 0.1) is 0 Å². The van der Waals surface area contributed by atoms with Gasteiger partial charge in [0.2, 0.25) is 11.8 Å². The Morgan fingerprint density at radius 2 is 1.53 bits per heavy atom. The van der Waals surface area contributed by atoms with Crippen LogP contribution in [-0.4, -0.2) is 36.9 Å². The first-order valence-electron chi connectivity index (χ1n) is 4.78. The molecule has 0 N–H and O–H groups in total. The predicted octanol–water partition coefficient (Wildman–Crippen LogP) is 0.492. The number of para-hydroxylation sites is 1. The van der Waals surface area contributed by atoms with Crippen LogP contribution in [0.5, 0.6) is 0 Å². The second-order valence-corrected chi connectivity index (χ2v) is 3.63. The molecule has 0 aromatic heterocycles. The Kier molecular flexibility index (Phi) is 2.51. The molecule has 4 nitrogen and oxygen atoms in total. The van der Waals surface area contributed by atoms with Gasteiger partial charge in [-0.05, 0) is 19.2 Å². The third kappa shape index (κ3) is 1.89. The van der Waals surface area contributed by atoms with Crippen molar-refractivity contribution in [2.24, 2.45) is 0 Å². The van der Waals surface area contributed by atoms with E-state index in [1.165, 1.54) is 4.90 Å².